The van der Waals surface area contributed by atoms with Gasteiger partial charge in [-0.1, -0.05) is 13.8 Å². The maximum atomic E-state index is 13.2. The molecule has 0 aromatic heterocycles. The Morgan fingerprint density at radius 1 is 1.11 bits per heavy atom. The Morgan fingerprint density at radius 3 is 2.35 bits per heavy atom. The van der Waals surface area contributed by atoms with E-state index < -0.39 is 85.0 Å². The van der Waals surface area contributed by atoms with E-state index in [9.17, 15) is 29.4 Å². The summed E-state index contributed by atoms with van der Waals surface area (Å²) in [7, 11) is 6.69. The van der Waals surface area contributed by atoms with E-state index in [2.05, 4.69) is 0 Å². The van der Waals surface area contributed by atoms with Crippen LogP contribution in [-0.4, -0.2) is 147 Å². The molecule has 14 heteroatoms. The molecule has 2 aliphatic heterocycles. The highest BCUT2D eigenvalue weighted by Gasteiger charge is 2.50. The third-order valence-electron chi connectivity index (χ3n) is 8.81. The van der Waals surface area contributed by atoms with Gasteiger partial charge in [0.2, 0.25) is 0 Å². The third-order valence-corrected chi connectivity index (χ3v) is 8.81. The quantitative estimate of drug-likeness (QED) is 0.203. The number of carbonyl (C=O) groups excluding carboxylic acids is 4. The van der Waals surface area contributed by atoms with Crippen LogP contribution in [0.2, 0.25) is 0 Å². The molecule has 0 aliphatic carbocycles. The maximum absolute atomic E-state index is 13.2. The molecule has 14 nitrogen and oxygen atoms in total. The lowest BCUT2D eigenvalue weighted by molar-refractivity contribution is -0.311. The first-order chi connectivity index (χ1) is 21.6. The molecule has 0 unspecified atom stereocenters. The Kier molecular flexibility index (Phi) is 16.5. The number of aliphatic hydroxyl groups excluding tert-OH is 2. The van der Waals surface area contributed by atoms with E-state index in [0.717, 1.165) is 6.29 Å². The summed E-state index contributed by atoms with van der Waals surface area (Å²) in [6, 6.07) is -0.730. The monoisotopic (exact) mass is 660 g/mol. The summed E-state index contributed by atoms with van der Waals surface area (Å²) in [6.45, 7) is 9.13. The largest absolute Gasteiger partial charge is 0.463 e. The van der Waals surface area contributed by atoms with Crippen LogP contribution in [0.25, 0.3) is 0 Å². The summed E-state index contributed by atoms with van der Waals surface area (Å²) in [5.74, 6) is -2.67. The van der Waals surface area contributed by atoms with Gasteiger partial charge in [-0.3, -0.25) is 14.4 Å². The second-order valence-corrected chi connectivity index (χ2v) is 12.9. The van der Waals surface area contributed by atoms with Crippen molar-refractivity contribution in [2.75, 3.05) is 41.3 Å². The van der Waals surface area contributed by atoms with Crippen molar-refractivity contribution in [2.45, 2.75) is 128 Å². The van der Waals surface area contributed by atoms with Gasteiger partial charge in [-0.15, -0.1) is 0 Å². The minimum absolute atomic E-state index is 0.0289. The second kappa shape index (κ2) is 19.0. The summed E-state index contributed by atoms with van der Waals surface area (Å²) in [6.07, 6.45) is -7.55. The van der Waals surface area contributed by atoms with Crippen LogP contribution in [0, 0.1) is 11.8 Å². The average Bonchev–Trinajstić information content (AvgIpc) is 2.97. The smallest absolute Gasteiger partial charge is 0.309 e. The van der Waals surface area contributed by atoms with Gasteiger partial charge in [0, 0.05) is 40.0 Å². The van der Waals surface area contributed by atoms with Gasteiger partial charge in [0.1, 0.15) is 36.8 Å². The van der Waals surface area contributed by atoms with Gasteiger partial charge < -0.3 is 53.2 Å². The lowest BCUT2D eigenvalue weighted by Crippen LogP contribution is -2.64. The van der Waals surface area contributed by atoms with E-state index >= 15 is 0 Å². The molecule has 2 rings (SSSR count). The minimum atomic E-state index is -1.33. The number of hydrogen-bond acceptors (Lipinski definition) is 14. The van der Waals surface area contributed by atoms with Crippen molar-refractivity contribution in [2.24, 2.45) is 11.8 Å². The van der Waals surface area contributed by atoms with Crippen LogP contribution in [0.15, 0.2) is 0 Å². The molecular formula is C32H56N2O12. The van der Waals surface area contributed by atoms with Crippen LogP contribution in [-0.2, 0) is 47.6 Å². The first kappa shape index (κ1) is 40.0. The van der Waals surface area contributed by atoms with Gasteiger partial charge in [-0.2, -0.15) is 0 Å². The van der Waals surface area contributed by atoms with E-state index in [0.29, 0.717) is 25.9 Å². The van der Waals surface area contributed by atoms with Crippen molar-refractivity contribution < 1.29 is 57.8 Å². The molecule has 2 aliphatic rings. The fourth-order valence-corrected chi connectivity index (χ4v) is 6.27. The predicted molar refractivity (Wildman–Crippen MR) is 165 cm³/mol. The molecule has 0 aromatic carbocycles. The zero-order chi connectivity index (χ0) is 34.7. The Morgan fingerprint density at radius 2 is 1.78 bits per heavy atom. The Balaban J connectivity index is 2.64. The minimum Gasteiger partial charge on any atom is -0.463 e. The molecule has 266 valence electrons. The lowest BCUT2D eigenvalue weighted by atomic mass is 9.82. The standard InChI is InChI=1S/C32H56N2O12/c1-10-25(38)45-24-16-26(39)42-19(3)11-13-34(8)17-23(37)18(2)15-22(12-14-35)30(31(24)41-9)46-32-28(40)27(33(6)7)29(20(4)43-32)44-21(5)36/h14,18-20,22-24,27-32,37,40H,10-13,15-17H2,1-9H3/t18-,19-,20-,22+,23+,24-,27-,28-,29-,30+,31+,32+/m1/s1. The summed E-state index contributed by atoms with van der Waals surface area (Å²) >= 11 is 0. The highest BCUT2D eigenvalue weighted by atomic mass is 16.7. The summed E-state index contributed by atoms with van der Waals surface area (Å²) < 4.78 is 35.5. The lowest BCUT2D eigenvalue weighted by Gasteiger charge is -2.47. The van der Waals surface area contributed by atoms with E-state index in [1.165, 1.54) is 14.0 Å². The van der Waals surface area contributed by atoms with Crippen LogP contribution < -0.4 is 0 Å². The van der Waals surface area contributed by atoms with Crippen molar-refractivity contribution >= 4 is 24.2 Å². The van der Waals surface area contributed by atoms with Gasteiger partial charge in [0.25, 0.3) is 0 Å². The molecule has 46 heavy (non-hydrogen) atoms. The summed E-state index contributed by atoms with van der Waals surface area (Å²) in [4.78, 5) is 53.4. The Bertz CT molecular complexity index is 983. The van der Waals surface area contributed by atoms with Gasteiger partial charge >= 0.3 is 17.9 Å². The summed E-state index contributed by atoms with van der Waals surface area (Å²) in [5.41, 5.74) is 0. The zero-order valence-corrected chi connectivity index (χ0v) is 28.8. The number of likely N-dealkylation sites (N-methyl/N-ethyl adjacent to an activating group) is 2. The number of nitrogens with zero attached hydrogens (tertiary/aromatic N) is 2. The Hall–Kier alpha value is -2.20. The molecule has 2 saturated heterocycles. The number of β-amino-alcohol motifs (C(OH)–C–C–N with tert-alkyl or cyclic N) is 1. The first-order valence-electron chi connectivity index (χ1n) is 16.2. The number of cyclic esters (lactones) is 1. The second-order valence-electron chi connectivity index (χ2n) is 12.9. The van der Waals surface area contributed by atoms with E-state index in [4.69, 9.17) is 28.4 Å². The molecule has 0 spiro atoms. The summed E-state index contributed by atoms with van der Waals surface area (Å²) in [5, 5.41) is 22.7. The van der Waals surface area contributed by atoms with E-state index in [-0.39, 0.29) is 25.2 Å². The van der Waals surface area contributed by atoms with Crippen LogP contribution in [0.3, 0.4) is 0 Å². The molecule has 2 N–H and O–H groups in total. The predicted octanol–water partition coefficient (Wildman–Crippen LogP) is 0.926. The Labute approximate surface area is 272 Å². The number of carbonyl (C=O) groups is 4. The van der Waals surface area contributed by atoms with E-state index in [1.54, 1.807) is 39.8 Å². The van der Waals surface area contributed by atoms with E-state index in [1.807, 2.05) is 18.9 Å². The molecule has 12 atom stereocenters. The van der Waals surface area contributed by atoms with Crippen molar-refractivity contribution in [3.05, 3.63) is 0 Å². The molecule has 0 bridgehead atoms. The van der Waals surface area contributed by atoms with Crippen LogP contribution in [0.4, 0.5) is 0 Å². The molecule has 2 fully saturated rings. The van der Waals surface area contributed by atoms with Gasteiger partial charge in [-0.05, 0) is 59.7 Å². The number of methoxy groups -OCH3 is 1. The van der Waals surface area contributed by atoms with Crippen molar-refractivity contribution in [3.8, 4) is 0 Å². The maximum Gasteiger partial charge on any atom is 0.309 e. The molecule has 0 amide bonds. The molecule has 0 aromatic rings. The van der Waals surface area contributed by atoms with Crippen molar-refractivity contribution in [1.29, 1.82) is 0 Å². The number of aldehydes is 1. The molecule has 0 saturated carbocycles. The number of rotatable bonds is 9. The molecule has 2 heterocycles. The molecular weight excluding hydrogens is 604 g/mol. The van der Waals surface area contributed by atoms with Gasteiger partial charge in [0.05, 0.1) is 30.8 Å². The average molecular weight is 661 g/mol. The van der Waals surface area contributed by atoms with Crippen molar-refractivity contribution in [1.82, 2.24) is 9.80 Å². The normalized spacial score (nSPS) is 37.4. The first-order valence-corrected chi connectivity index (χ1v) is 16.2. The van der Waals surface area contributed by atoms with Gasteiger partial charge in [-0.25, -0.2) is 0 Å². The van der Waals surface area contributed by atoms with Crippen LogP contribution in [0.1, 0.15) is 66.7 Å². The van der Waals surface area contributed by atoms with Crippen LogP contribution >= 0.6 is 0 Å². The highest BCUT2D eigenvalue weighted by Crippen LogP contribution is 2.34. The number of esters is 3. The SMILES string of the molecule is CCC(=O)O[C@@H]1CC(=O)O[C@H](C)CCN(C)C[C@H](O)[C@H](C)C[C@H](CC=O)[C@H](O[C@@H]2O[C@H](C)[C@@H](OC(C)=O)[C@H](N(C)C)[C@H]2O)[C@H]1OC. The fraction of sp³-hybridized carbons (Fsp3) is 0.875. The molecule has 0 radical (unpaired) electrons. The van der Waals surface area contributed by atoms with Crippen LogP contribution in [0.5, 0.6) is 0 Å². The van der Waals surface area contributed by atoms with Gasteiger partial charge in [0.15, 0.2) is 6.29 Å². The fourth-order valence-electron chi connectivity index (χ4n) is 6.27. The zero-order valence-electron chi connectivity index (χ0n) is 28.8. The van der Waals surface area contributed by atoms with Crippen molar-refractivity contribution in [3.63, 3.8) is 0 Å². The number of ether oxygens (including phenoxy) is 6. The third kappa shape index (κ3) is 11.5. The highest BCUT2D eigenvalue weighted by molar-refractivity contribution is 5.72. The number of hydrogen-bond donors (Lipinski definition) is 2. The topological polar surface area (TPSA) is 171 Å². The number of aliphatic hydroxyl groups is 2.